The highest BCUT2D eigenvalue weighted by Crippen LogP contribution is 2.24. The number of rotatable bonds is 2. The molecule has 0 fully saturated rings. The zero-order chi connectivity index (χ0) is 17.4. The Kier molecular flexibility index (Phi) is 4.09. The van der Waals surface area contributed by atoms with E-state index in [1.807, 2.05) is 39.0 Å². The van der Waals surface area contributed by atoms with Gasteiger partial charge in [0.05, 0.1) is 0 Å². The van der Waals surface area contributed by atoms with Crippen molar-refractivity contribution >= 4 is 17.4 Å². The number of fused-ring (bicyclic) bond motifs is 1. The molecule has 0 saturated heterocycles. The molecule has 0 spiro atoms. The summed E-state index contributed by atoms with van der Waals surface area (Å²) in [7, 11) is 0. The molecule has 1 amide bonds. The highest BCUT2D eigenvalue weighted by molar-refractivity contribution is 6.07. The normalized spacial score (nSPS) is 16.6. The fourth-order valence-corrected chi connectivity index (χ4v) is 3.14. The Bertz CT molecular complexity index is 896. The minimum absolute atomic E-state index is 0.0273. The molecule has 1 heterocycles. The van der Waals surface area contributed by atoms with Crippen LogP contribution in [0.2, 0.25) is 0 Å². The molecule has 3 rings (SSSR count). The van der Waals surface area contributed by atoms with Crippen molar-refractivity contribution in [3.05, 3.63) is 62.6 Å². The second-order valence-corrected chi connectivity index (χ2v) is 6.61. The van der Waals surface area contributed by atoms with Gasteiger partial charge in [-0.1, -0.05) is 24.6 Å². The molecule has 0 unspecified atom stereocenters. The summed E-state index contributed by atoms with van der Waals surface area (Å²) in [6.45, 7) is 5.84. The van der Waals surface area contributed by atoms with E-state index in [0.717, 1.165) is 11.1 Å². The van der Waals surface area contributed by atoms with Gasteiger partial charge >= 0.3 is 0 Å². The highest BCUT2D eigenvalue weighted by atomic mass is 16.2. The molecule has 2 N–H and O–H groups in total. The monoisotopic (exact) mass is 324 g/mol. The molecule has 1 aliphatic carbocycles. The maximum absolute atomic E-state index is 12.5. The highest BCUT2D eigenvalue weighted by Gasteiger charge is 2.25. The number of carbonyl (C=O) groups excluding carboxylic acids is 2. The SMILES string of the molecule is Cc1ccc(NC(=O)c2cc3c([nH]c2=O)C[C@@H](C)CC3=O)c(C)c1. The topological polar surface area (TPSA) is 79.0 Å². The number of ketones is 1. The van der Waals surface area contributed by atoms with E-state index in [0.29, 0.717) is 29.8 Å². The Morgan fingerprint density at radius 3 is 2.62 bits per heavy atom. The van der Waals surface area contributed by atoms with Gasteiger partial charge < -0.3 is 10.3 Å². The average molecular weight is 324 g/mol. The summed E-state index contributed by atoms with van der Waals surface area (Å²) in [6.07, 6.45) is 1.09. The molecular weight excluding hydrogens is 304 g/mol. The van der Waals surface area contributed by atoms with Crippen molar-refractivity contribution in [1.82, 2.24) is 4.98 Å². The maximum atomic E-state index is 12.5. The maximum Gasteiger partial charge on any atom is 0.261 e. The summed E-state index contributed by atoms with van der Waals surface area (Å²) in [5, 5.41) is 2.75. The number of Topliss-reactive ketones (excluding diaryl/α,β-unsaturated/α-hetero) is 1. The minimum Gasteiger partial charge on any atom is -0.325 e. The van der Waals surface area contributed by atoms with Crippen LogP contribution in [0.25, 0.3) is 0 Å². The molecule has 5 nitrogen and oxygen atoms in total. The number of aromatic amines is 1. The van der Waals surface area contributed by atoms with Crippen LogP contribution in [0.1, 0.15) is 50.9 Å². The minimum atomic E-state index is -0.502. The van der Waals surface area contributed by atoms with Gasteiger partial charge in [0.15, 0.2) is 5.78 Å². The van der Waals surface area contributed by atoms with Gasteiger partial charge in [-0.2, -0.15) is 0 Å². The van der Waals surface area contributed by atoms with Gasteiger partial charge in [0.1, 0.15) is 5.56 Å². The standard InChI is InChI=1S/C19H20N2O3/c1-10-4-5-15(12(3)6-10)20-18(23)14-9-13-16(21-19(14)24)7-11(2)8-17(13)22/h4-6,9,11H,7-8H2,1-3H3,(H,20,23)(H,21,24)/t11-/m1/s1. The second-order valence-electron chi connectivity index (χ2n) is 6.61. The summed E-state index contributed by atoms with van der Waals surface area (Å²) < 4.78 is 0. The van der Waals surface area contributed by atoms with E-state index in [4.69, 9.17) is 0 Å². The van der Waals surface area contributed by atoms with Gasteiger partial charge in [-0.05, 0) is 43.9 Å². The molecule has 0 bridgehead atoms. The molecular formula is C19H20N2O3. The molecule has 0 saturated carbocycles. The number of hydrogen-bond donors (Lipinski definition) is 2. The number of nitrogens with one attached hydrogen (secondary N) is 2. The molecule has 0 aliphatic heterocycles. The molecule has 2 aromatic rings. The van der Waals surface area contributed by atoms with Crippen molar-refractivity contribution in [2.24, 2.45) is 5.92 Å². The van der Waals surface area contributed by atoms with Crippen LogP contribution in [0.15, 0.2) is 29.1 Å². The summed E-state index contributed by atoms with van der Waals surface area (Å²) in [6, 6.07) is 7.09. The summed E-state index contributed by atoms with van der Waals surface area (Å²) in [5.41, 5.74) is 3.27. The summed E-state index contributed by atoms with van der Waals surface area (Å²) in [4.78, 5) is 39.6. The van der Waals surface area contributed by atoms with Crippen molar-refractivity contribution < 1.29 is 9.59 Å². The third-order valence-electron chi connectivity index (χ3n) is 4.38. The van der Waals surface area contributed by atoms with Crippen molar-refractivity contribution in [2.75, 3.05) is 5.32 Å². The zero-order valence-corrected chi connectivity index (χ0v) is 14.0. The predicted molar refractivity (Wildman–Crippen MR) is 92.7 cm³/mol. The second kappa shape index (κ2) is 6.07. The van der Waals surface area contributed by atoms with E-state index in [-0.39, 0.29) is 17.3 Å². The lowest BCUT2D eigenvalue weighted by molar-refractivity contribution is 0.0952. The van der Waals surface area contributed by atoms with E-state index < -0.39 is 11.5 Å². The Morgan fingerprint density at radius 1 is 1.17 bits per heavy atom. The van der Waals surface area contributed by atoms with Crippen LogP contribution in [-0.2, 0) is 6.42 Å². The number of carbonyl (C=O) groups is 2. The Morgan fingerprint density at radius 2 is 1.92 bits per heavy atom. The Balaban J connectivity index is 1.95. The number of amides is 1. The van der Waals surface area contributed by atoms with Crippen molar-refractivity contribution in [3.63, 3.8) is 0 Å². The first-order chi connectivity index (χ1) is 11.3. The fourth-order valence-electron chi connectivity index (χ4n) is 3.14. The number of anilines is 1. The first-order valence-electron chi connectivity index (χ1n) is 8.03. The number of pyridine rings is 1. The third kappa shape index (κ3) is 3.02. The van der Waals surface area contributed by atoms with Crippen LogP contribution in [0.5, 0.6) is 0 Å². The third-order valence-corrected chi connectivity index (χ3v) is 4.38. The van der Waals surface area contributed by atoms with E-state index >= 15 is 0 Å². The quantitative estimate of drug-likeness (QED) is 0.891. The average Bonchev–Trinajstić information content (AvgIpc) is 2.49. The van der Waals surface area contributed by atoms with Crippen LogP contribution in [0.3, 0.4) is 0 Å². The molecule has 1 aliphatic rings. The van der Waals surface area contributed by atoms with Gasteiger partial charge in [0.2, 0.25) is 0 Å². The molecule has 124 valence electrons. The van der Waals surface area contributed by atoms with Crippen molar-refractivity contribution in [2.45, 2.75) is 33.6 Å². The van der Waals surface area contributed by atoms with Crippen LogP contribution < -0.4 is 10.9 Å². The lowest BCUT2D eigenvalue weighted by atomic mass is 9.86. The molecule has 1 aromatic heterocycles. The number of hydrogen-bond acceptors (Lipinski definition) is 3. The van der Waals surface area contributed by atoms with Crippen LogP contribution >= 0.6 is 0 Å². The van der Waals surface area contributed by atoms with Gasteiger partial charge in [-0.25, -0.2) is 0 Å². The predicted octanol–water partition coefficient (Wildman–Crippen LogP) is 3.01. The van der Waals surface area contributed by atoms with Gasteiger partial charge in [0.25, 0.3) is 11.5 Å². The first kappa shape index (κ1) is 16.2. The fraction of sp³-hybridized carbons (Fsp3) is 0.316. The number of aromatic nitrogens is 1. The Labute approximate surface area is 140 Å². The van der Waals surface area contributed by atoms with E-state index in [1.54, 1.807) is 0 Å². The lowest BCUT2D eigenvalue weighted by Crippen LogP contribution is -2.29. The van der Waals surface area contributed by atoms with Crippen LogP contribution in [0, 0.1) is 19.8 Å². The van der Waals surface area contributed by atoms with E-state index in [2.05, 4.69) is 10.3 Å². The number of aryl methyl sites for hydroxylation is 2. The summed E-state index contributed by atoms with van der Waals surface area (Å²) in [5.74, 6) is -0.325. The van der Waals surface area contributed by atoms with E-state index in [1.165, 1.54) is 6.07 Å². The van der Waals surface area contributed by atoms with Crippen molar-refractivity contribution in [1.29, 1.82) is 0 Å². The number of H-pyrrole nitrogens is 1. The Hall–Kier alpha value is -2.69. The molecule has 0 radical (unpaired) electrons. The van der Waals surface area contributed by atoms with Crippen molar-refractivity contribution in [3.8, 4) is 0 Å². The first-order valence-corrected chi connectivity index (χ1v) is 8.03. The molecule has 5 heteroatoms. The summed E-state index contributed by atoms with van der Waals surface area (Å²) >= 11 is 0. The van der Waals surface area contributed by atoms with Gasteiger partial charge in [-0.3, -0.25) is 14.4 Å². The zero-order valence-electron chi connectivity index (χ0n) is 14.0. The molecule has 1 aromatic carbocycles. The lowest BCUT2D eigenvalue weighted by Gasteiger charge is -2.20. The molecule has 24 heavy (non-hydrogen) atoms. The van der Waals surface area contributed by atoms with E-state index in [9.17, 15) is 14.4 Å². The van der Waals surface area contributed by atoms with Crippen LogP contribution in [0.4, 0.5) is 5.69 Å². The molecule has 1 atom stereocenters. The number of benzene rings is 1. The smallest absolute Gasteiger partial charge is 0.261 e. The van der Waals surface area contributed by atoms with Gasteiger partial charge in [0, 0.05) is 23.4 Å². The van der Waals surface area contributed by atoms with Gasteiger partial charge in [-0.15, -0.1) is 0 Å². The largest absolute Gasteiger partial charge is 0.325 e. The van der Waals surface area contributed by atoms with Crippen LogP contribution in [-0.4, -0.2) is 16.7 Å².